The van der Waals surface area contributed by atoms with Gasteiger partial charge in [0, 0.05) is 22.3 Å². The molecule has 0 saturated carbocycles. The van der Waals surface area contributed by atoms with Crippen LogP contribution in [0.3, 0.4) is 0 Å². The van der Waals surface area contributed by atoms with E-state index in [0.717, 1.165) is 0 Å². The SMILES string of the molecule is C1=CC2SC3C=CC=C(C4NC(c5ccc6ccccc6c5)NC(c5ccc6ccccc6c5)N4)C3C2C=C1. The number of rotatable bonds is 3. The molecule has 0 radical (unpaired) electrons. The zero-order valence-corrected chi connectivity index (χ0v) is 22.4. The van der Waals surface area contributed by atoms with Crippen molar-refractivity contribution in [3.8, 4) is 0 Å². The Morgan fingerprint density at radius 1 is 0.513 bits per heavy atom. The van der Waals surface area contributed by atoms with Crippen LogP contribution >= 0.6 is 11.8 Å². The maximum atomic E-state index is 3.97. The van der Waals surface area contributed by atoms with E-state index in [0.29, 0.717) is 22.3 Å². The first kappa shape index (κ1) is 23.5. The largest absolute Gasteiger partial charge is 0.279 e. The topological polar surface area (TPSA) is 36.1 Å². The molecule has 6 atom stereocenters. The lowest BCUT2D eigenvalue weighted by Crippen LogP contribution is -2.60. The van der Waals surface area contributed by atoms with Crippen molar-refractivity contribution in [1.29, 1.82) is 0 Å². The molecule has 4 aliphatic rings. The highest BCUT2D eigenvalue weighted by molar-refractivity contribution is 8.01. The zero-order valence-electron chi connectivity index (χ0n) is 21.6. The normalized spacial score (nSPS) is 31.3. The van der Waals surface area contributed by atoms with Crippen LogP contribution in [0.5, 0.6) is 0 Å². The lowest BCUT2D eigenvalue weighted by Gasteiger charge is -2.43. The summed E-state index contributed by atoms with van der Waals surface area (Å²) in [4.78, 5) is 0. The third-order valence-electron chi connectivity index (χ3n) is 8.73. The summed E-state index contributed by atoms with van der Waals surface area (Å²) in [6, 6.07) is 30.9. The molecule has 4 heteroatoms. The first-order valence-corrected chi connectivity index (χ1v) is 14.9. The van der Waals surface area contributed by atoms with Crippen LogP contribution in [0, 0.1) is 11.8 Å². The summed E-state index contributed by atoms with van der Waals surface area (Å²) < 4.78 is 0. The second-order valence-corrected chi connectivity index (χ2v) is 12.4. The Labute approximate surface area is 233 Å². The average Bonchev–Trinajstić information content (AvgIpc) is 3.39. The molecule has 39 heavy (non-hydrogen) atoms. The summed E-state index contributed by atoms with van der Waals surface area (Å²) in [5.74, 6) is 1.00. The predicted molar refractivity (Wildman–Crippen MR) is 164 cm³/mol. The molecule has 0 spiro atoms. The van der Waals surface area contributed by atoms with Gasteiger partial charge in [-0.05, 0) is 50.4 Å². The van der Waals surface area contributed by atoms with Gasteiger partial charge >= 0.3 is 0 Å². The van der Waals surface area contributed by atoms with Gasteiger partial charge < -0.3 is 0 Å². The van der Waals surface area contributed by atoms with E-state index in [4.69, 9.17) is 0 Å². The number of hydrogen-bond donors (Lipinski definition) is 3. The maximum Gasteiger partial charge on any atom is 0.0864 e. The van der Waals surface area contributed by atoms with E-state index < -0.39 is 0 Å². The van der Waals surface area contributed by atoms with Crippen LogP contribution in [0.1, 0.15) is 23.5 Å². The molecule has 0 bridgehead atoms. The summed E-state index contributed by atoms with van der Waals surface area (Å²) in [5, 5.41) is 18.0. The highest BCUT2D eigenvalue weighted by atomic mass is 32.2. The highest BCUT2D eigenvalue weighted by Gasteiger charge is 2.46. The quantitative estimate of drug-likeness (QED) is 0.266. The number of benzene rings is 4. The van der Waals surface area contributed by atoms with Crippen LogP contribution in [0.4, 0.5) is 0 Å². The molecule has 0 amide bonds. The summed E-state index contributed by atoms with van der Waals surface area (Å²) in [6.07, 6.45) is 16.4. The second-order valence-electron chi connectivity index (χ2n) is 11.0. The Bertz CT molecular complexity index is 1600. The van der Waals surface area contributed by atoms with Gasteiger partial charge in [0.25, 0.3) is 0 Å². The average molecular weight is 526 g/mol. The van der Waals surface area contributed by atoms with Gasteiger partial charge in [-0.3, -0.25) is 16.0 Å². The van der Waals surface area contributed by atoms with Gasteiger partial charge in [0.05, 0.1) is 18.5 Å². The third kappa shape index (κ3) is 4.19. The Morgan fingerprint density at radius 3 is 1.74 bits per heavy atom. The fourth-order valence-electron chi connectivity index (χ4n) is 6.80. The van der Waals surface area contributed by atoms with Gasteiger partial charge in [0.1, 0.15) is 0 Å². The zero-order chi connectivity index (χ0) is 25.8. The van der Waals surface area contributed by atoms with E-state index in [2.05, 4.69) is 155 Å². The molecule has 8 rings (SSSR count). The molecular formula is C35H31N3S. The van der Waals surface area contributed by atoms with Crippen molar-refractivity contribution in [2.45, 2.75) is 29.0 Å². The fraction of sp³-hybridized carbons (Fsp3) is 0.200. The lowest BCUT2D eigenvalue weighted by molar-refractivity contribution is 0.210. The van der Waals surface area contributed by atoms with Crippen molar-refractivity contribution in [3.63, 3.8) is 0 Å². The molecular weight excluding hydrogens is 494 g/mol. The highest BCUT2D eigenvalue weighted by Crippen LogP contribution is 2.51. The standard InChI is InChI=1S/C35H31N3S/c1-3-10-24-20-26(18-16-22(24)8-1)33-36-34(27-19-17-23-9-2-4-11-25(23)21-27)38-35(37-33)29-13-7-15-31-32(29)28-12-5-6-14-30(28)39-31/h1-21,28,30-38H. The minimum Gasteiger partial charge on any atom is -0.279 e. The number of thioether (sulfide) groups is 1. The fourth-order valence-corrected chi connectivity index (χ4v) is 8.47. The monoisotopic (exact) mass is 525 g/mol. The first-order chi connectivity index (χ1) is 19.3. The molecule has 2 saturated heterocycles. The maximum absolute atomic E-state index is 3.97. The molecule has 2 heterocycles. The molecule has 0 aromatic heterocycles. The summed E-state index contributed by atoms with van der Waals surface area (Å²) >= 11 is 2.11. The molecule has 4 aromatic rings. The first-order valence-electron chi connectivity index (χ1n) is 13.9. The van der Waals surface area contributed by atoms with Crippen LogP contribution in [0.2, 0.25) is 0 Å². The minimum atomic E-state index is 0.00855. The van der Waals surface area contributed by atoms with Crippen LogP contribution in [0.25, 0.3) is 21.5 Å². The Morgan fingerprint density at radius 2 is 1.08 bits per heavy atom. The molecule has 192 valence electrons. The smallest absolute Gasteiger partial charge is 0.0864 e. The summed E-state index contributed by atoms with van der Waals surface area (Å²) in [7, 11) is 0. The third-order valence-corrected chi connectivity index (χ3v) is 10.3. The van der Waals surface area contributed by atoms with Crippen molar-refractivity contribution in [2.75, 3.05) is 0 Å². The Balaban J connectivity index is 1.19. The van der Waals surface area contributed by atoms with E-state index >= 15 is 0 Å². The number of fused-ring (bicyclic) bond motifs is 5. The van der Waals surface area contributed by atoms with Gasteiger partial charge in [-0.2, -0.15) is 0 Å². The molecule has 3 N–H and O–H groups in total. The number of allylic oxidation sites excluding steroid dienone is 5. The van der Waals surface area contributed by atoms with Gasteiger partial charge in [-0.1, -0.05) is 115 Å². The van der Waals surface area contributed by atoms with E-state index in [1.165, 1.54) is 38.2 Å². The lowest BCUT2D eigenvalue weighted by atomic mass is 9.76. The van der Waals surface area contributed by atoms with Gasteiger partial charge in [0.15, 0.2) is 0 Å². The van der Waals surface area contributed by atoms with Crippen LogP contribution in [0.15, 0.2) is 133 Å². The van der Waals surface area contributed by atoms with Crippen LogP contribution in [-0.2, 0) is 0 Å². The second kappa shape index (κ2) is 9.65. The van der Waals surface area contributed by atoms with E-state index in [-0.39, 0.29) is 18.5 Å². The molecule has 2 aliphatic heterocycles. The molecule has 6 unspecified atom stereocenters. The van der Waals surface area contributed by atoms with Crippen LogP contribution in [-0.4, -0.2) is 16.7 Å². The Hall–Kier alpha value is -3.41. The van der Waals surface area contributed by atoms with Gasteiger partial charge in [-0.25, -0.2) is 0 Å². The van der Waals surface area contributed by atoms with Crippen molar-refractivity contribution in [2.24, 2.45) is 11.8 Å². The molecule has 4 aromatic carbocycles. The van der Waals surface area contributed by atoms with Gasteiger partial charge in [0.2, 0.25) is 0 Å². The van der Waals surface area contributed by atoms with E-state index in [1.807, 2.05) is 0 Å². The molecule has 2 fully saturated rings. The van der Waals surface area contributed by atoms with Crippen molar-refractivity contribution >= 4 is 33.3 Å². The van der Waals surface area contributed by atoms with E-state index in [9.17, 15) is 0 Å². The number of hydrogen-bond acceptors (Lipinski definition) is 4. The van der Waals surface area contributed by atoms with Crippen LogP contribution < -0.4 is 16.0 Å². The summed E-state index contributed by atoms with van der Waals surface area (Å²) in [6.45, 7) is 0. The van der Waals surface area contributed by atoms with E-state index in [1.54, 1.807) is 0 Å². The Kier molecular flexibility index (Phi) is 5.81. The van der Waals surface area contributed by atoms with Crippen molar-refractivity contribution < 1.29 is 0 Å². The molecule has 3 nitrogen and oxygen atoms in total. The molecule has 2 aliphatic carbocycles. The predicted octanol–water partition coefficient (Wildman–Crippen LogP) is 7.14. The van der Waals surface area contributed by atoms with Gasteiger partial charge in [-0.15, -0.1) is 11.8 Å². The van der Waals surface area contributed by atoms with Crippen molar-refractivity contribution in [3.05, 3.63) is 144 Å². The summed E-state index contributed by atoms with van der Waals surface area (Å²) in [5.41, 5.74) is 3.97. The minimum absolute atomic E-state index is 0.00855. The number of nitrogens with one attached hydrogen (secondary N) is 3. The van der Waals surface area contributed by atoms with Crippen molar-refractivity contribution in [1.82, 2.24) is 16.0 Å².